The number of carboxylic acids is 1. The first-order chi connectivity index (χ1) is 19.3. The maximum Gasteiger partial charge on any atom is 0.338 e. The Labute approximate surface area is 264 Å². The van der Waals surface area contributed by atoms with E-state index in [9.17, 15) is 9.59 Å². The summed E-state index contributed by atoms with van der Waals surface area (Å²) < 4.78 is 37.3. The molecule has 0 radical (unpaired) electrons. The van der Waals surface area contributed by atoms with Crippen LogP contribution in [-0.4, -0.2) is 76.9 Å². The van der Waals surface area contributed by atoms with Gasteiger partial charge in [-0.25, -0.2) is 9.59 Å². The lowest BCUT2D eigenvalue weighted by Gasteiger charge is -2.40. The zero-order chi connectivity index (χ0) is 28.8. The minimum absolute atomic E-state index is 0. The molecule has 10 heteroatoms. The van der Waals surface area contributed by atoms with Gasteiger partial charge in [0, 0.05) is 10.8 Å². The zero-order valence-electron chi connectivity index (χ0n) is 23.5. The van der Waals surface area contributed by atoms with E-state index >= 15 is 0 Å². The monoisotopic (exact) mass is 624 g/mol. The largest absolute Gasteiger partial charge is 0.478 e. The van der Waals surface area contributed by atoms with Crippen LogP contribution in [0.5, 0.6) is 11.5 Å². The maximum atomic E-state index is 11.5. The summed E-state index contributed by atoms with van der Waals surface area (Å²) >= 11 is 0. The normalized spacial score (nSPS) is 14.9. The Kier molecular flexibility index (Phi) is 21.0. The van der Waals surface area contributed by atoms with E-state index in [-0.39, 0.29) is 65.7 Å². The van der Waals surface area contributed by atoms with Crippen molar-refractivity contribution in [2.24, 2.45) is 10.8 Å². The number of carbonyl (C=O) groups is 2. The molecule has 0 bridgehead atoms. The molecule has 2 fully saturated rings. The molecule has 252 valence electrons. The van der Waals surface area contributed by atoms with E-state index < -0.39 is 5.97 Å². The van der Waals surface area contributed by atoms with Gasteiger partial charge in [0.2, 0.25) is 0 Å². The summed E-state index contributed by atoms with van der Waals surface area (Å²) in [4.78, 5) is 22.2. The Morgan fingerprint density at radius 1 is 0.682 bits per heavy atom. The van der Waals surface area contributed by atoms with Crippen molar-refractivity contribution >= 4 is 11.9 Å². The first kappa shape index (κ1) is 43.0. The third-order valence-electron chi connectivity index (χ3n) is 7.03. The molecule has 0 aliphatic carbocycles. The van der Waals surface area contributed by atoms with Gasteiger partial charge in [0.1, 0.15) is 11.5 Å². The second kappa shape index (κ2) is 21.5. The molecule has 0 unspecified atom stereocenters. The second-order valence-electron chi connectivity index (χ2n) is 9.99. The van der Waals surface area contributed by atoms with E-state index in [0.717, 1.165) is 39.3 Å². The summed E-state index contributed by atoms with van der Waals surface area (Å²) in [5, 5.41) is 8.76. The summed E-state index contributed by atoms with van der Waals surface area (Å²) in [6, 6.07) is 13.1. The Balaban J connectivity index is 0. The Morgan fingerprint density at radius 2 is 1.07 bits per heavy atom. The first-order valence-electron chi connectivity index (χ1n) is 13.5. The molecule has 2 aromatic rings. The van der Waals surface area contributed by atoms with Crippen molar-refractivity contribution in [3.8, 4) is 11.5 Å². The van der Waals surface area contributed by atoms with Crippen molar-refractivity contribution in [3.05, 3.63) is 59.7 Å². The van der Waals surface area contributed by atoms with Gasteiger partial charge in [0.25, 0.3) is 0 Å². The molecule has 2 aliphatic rings. The number of carboxylic acid groups (broad SMARTS) is 1. The van der Waals surface area contributed by atoms with Gasteiger partial charge in [0.05, 0.1) is 57.4 Å². The summed E-state index contributed by atoms with van der Waals surface area (Å²) in [7, 11) is 0. The fraction of sp³-hybridized carbons (Fsp3) is 0.588. The molecule has 0 amide bonds. The molecule has 4 rings (SSSR count). The topological polar surface area (TPSA) is 119 Å². The van der Waals surface area contributed by atoms with Gasteiger partial charge in [-0.15, -0.1) is 0 Å². The molecule has 44 heavy (non-hydrogen) atoms. The van der Waals surface area contributed by atoms with Crippen LogP contribution in [0.2, 0.25) is 0 Å². The van der Waals surface area contributed by atoms with Crippen LogP contribution < -0.4 is 9.47 Å². The smallest absolute Gasteiger partial charge is 0.338 e. The molecule has 2 saturated heterocycles. The fourth-order valence-corrected chi connectivity index (χ4v) is 3.89. The highest BCUT2D eigenvalue weighted by molar-refractivity contribution is 5.89. The average Bonchev–Trinajstić information content (AvgIpc) is 2.92. The molecule has 10 nitrogen and oxygen atoms in total. The van der Waals surface area contributed by atoms with E-state index in [1.54, 1.807) is 43.3 Å². The van der Waals surface area contributed by atoms with Crippen LogP contribution in [0.4, 0.5) is 0 Å². The number of aromatic carboxylic acids is 1. The SMILES string of the molecule is C.C.C.C.CCC1(COCOc2ccc(C(=O)O)cc2)COC1.CCOC(=O)c1ccc(OCOCC2(CC)COC2)cc1. The molecular weight excluding hydrogens is 568 g/mol. The number of ether oxygens (including phenoxy) is 7. The van der Waals surface area contributed by atoms with Gasteiger partial charge in [-0.1, -0.05) is 43.6 Å². The molecule has 2 aromatic carbocycles. The van der Waals surface area contributed by atoms with Crippen molar-refractivity contribution in [3.63, 3.8) is 0 Å². The molecule has 2 aliphatic heterocycles. The van der Waals surface area contributed by atoms with Crippen LogP contribution in [0, 0.1) is 10.8 Å². The van der Waals surface area contributed by atoms with Gasteiger partial charge >= 0.3 is 11.9 Å². The number of hydrogen-bond donors (Lipinski definition) is 1. The van der Waals surface area contributed by atoms with Crippen LogP contribution >= 0.6 is 0 Å². The summed E-state index contributed by atoms with van der Waals surface area (Å²) in [5.41, 5.74) is 1.07. The predicted octanol–water partition coefficient (Wildman–Crippen LogP) is 7.35. The highest BCUT2D eigenvalue weighted by atomic mass is 16.7. The van der Waals surface area contributed by atoms with Crippen LogP contribution in [0.3, 0.4) is 0 Å². The van der Waals surface area contributed by atoms with Crippen LogP contribution in [0.25, 0.3) is 0 Å². The predicted molar refractivity (Wildman–Crippen MR) is 173 cm³/mol. The maximum absolute atomic E-state index is 11.5. The number of rotatable bonds is 15. The standard InChI is InChI=1S/C16H22O5.C14H18O5.4CH4/c1-3-16(9-18-10-16)11-19-12-21-14-7-5-13(6-8-14)15(17)20-4-2;1-2-14(7-17-8-14)9-18-10-19-12-5-3-11(4-6-12)13(15)16;;;;/h5-8H,3-4,9-12H2,1-2H3;3-6H,2,7-10H2,1H3,(H,15,16);4*1H4. The molecule has 1 N–H and O–H groups in total. The minimum Gasteiger partial charge on any atom is -0.478 e. The number of esters is 1. The minimum atomic E-state index is -0.947. The van der Waals surface area contributed by atoms with E-state index in [2.05, 4.69) is 13.8 Å². The lowest BCUT2D eigenvalue weighted by atomic mass is 9.84. The van der Waals surface area contributed by atoms with Crippen molar-refractivity contribution in [2.75, 3.05) is 59.8 Å². The number of hydrogen-bond acceptors (Lipinski definition) is 9. The highest BCUT2D eigenvalue weighted by Crippen LogP contribution is 2.32. The van der Waals surface area contributed by atoms with Gasteiger partial charge in [-0.3, -0.25) is 0 Å². The van der Waals surface area contributed by atoms with Gasteiger partial charge in [0.15, 0.2) is 13.6 Å². The van der Waals surface area contributed by atoms with E-state index in [0.29, 0.717) is 36.9 Å². The van der Waals surface area contributed by atoms with Gasteiger partial charge in [-0.2, -0.15) is 0 Å². The lowest BCUT2D eigenvalue weighted by Crippen LogP contribution is -2.45. The van der Waals surface area contributed by atoms with E-state index in [4.69, 9.17) is 38.3 Å². The number of carbonyl (C=O) groups excluding carboxylic acids is 1. The Hall–Kier alpha value is -3.18. The first-order valence-corrected chi connectivity index (χ1v) is 13.5. The summed E-state index contributed by atoms with van der Waals surface area (Å²) in [6.07, 6.45) is 2.07. The van der Waals surface area contributed by atoms with Crippen molar-refractivity contribution in [1.82, 2.24) is 0 Å². The molecule has 0 aromatic heterocycles. The number of benzene rings is 2. The fourth-order valence-electron chi connectivity index (χ4n) is 3.89. The molecular formula is C34H56O10. The van der Waals surface area contributed by atoms with Crippen LogP contribution in [-0.2, 0) is 23.7 Å². The quantitative estimate of drug-likeness (QED) is 0.122. The summed E-state index contributed by atoms with van der Waals surface area (Å²) in [5.74, 6) is -0.00768. The second-order valence-corrected chi connectivity index (χ2v) is 9.99. The van der Waals surface area contributed by atoms with Crippen molar-refractivity contribution in [2.45, 2.75) is 63.3 Å². The molecule has 0 atom stereocenters. The average molecular weight is 625 g/mol. The molecule has 2 heterocycles. The van der Waals surface area contributed by atoms with E-state index in [1.165, 1.54) is 12.1 Å². The van der Waals surface area contributed by atoms with Gasteiger partial charge < -0.3 is 38.3 Å². The van der Waals surface area contributed by atoms with Crippen LogP contribution in [0.1, 0.15) is 84.0 Å². The Morgan fingerprint density at radius 3 is 1.36 bits per heavy atom. The molecule has 0 spiro atoms. The lowest BCUT2D eigenvalue weighted by molar-refractivity contribution is -0.162. The highest BCUT2D eigenvalue weighted by Gasteiger charge is 2.37. The zero-order valence-corrected chi connectivity index (χ0v) is 23.5. The van der Waals surface area contributed by atoms with Gasteiger partial charge in [-0.05, 0) is 68.3 Å². The summed E-state index contributed by atoms with van der Waals surface area (Å²) in [6.45, 7) is 11.0. The third-order valence-corrected chi connectivity index (χ3v) is 7.03. The van der Waals surface area contributed by atoms with E-state index in [1.807, 2.05) is 0 Å². The van der Waals surface area contributed by atoms with Crippen molar-refractivity contribution < 1.29 is 47.9 Å². The molecule has 0 saturated carbocycles. The third kappa shape index (κ3) is 12.8. The van der Waals surface area contributed by atoms with Crippen molar-refractivity contribution in [1.29, 1.82) is 0 Å². The Bertz CT molecular complexity index is 1030. The van der Waals surface area contributed by atoms with Crippen LogP contribution in [0.15, 0.2) is 48.5 Å².